The number of aromatic nitrogens is 2. The molecule has 0 spiro atoms. The Balaban J connectivity index is 2.43. The quantitative estimate of drug-likeness (QED) is 0.844. The molecule has 0 radical (unpaired) electrons. The van der Waals surface area contributed by atoms with Gasteiger partial charge in [0.1, 0.15) is 0 Å². The molecule has 0 aliphatic carbocycles. The lowest BCUT2D eigenvalue weighted by Gasteiger charge is -2.10. The Hall–Kier alpha value is -2.02. The summed E-state index contributed by atoms with van der Waals surface area (Å²) in [5.41, 5.74) is 8.96. The summed E-state index contributed by atoms with van der Waals surface area (Å²) in [5.74, 6) is 0. The summed E-state index contributed by atoms with van der Waals surface area (Å²) >= 11 is 0. The smallest absolute Gasteiger partial charge is 0.262 e. The first-order valence-electron chi connectivity index (χ1n) is 6.11. The van der Waals surface area contributed by atoms with E-state index in [0.29, 0.717) is 17.1 Å². The third-order valence-electron chi connectivity index (χ3n) is 3.31. The van der Waals surface area contributed by atoms with Crippen LogP contribution in [0.15, 0.2) is 23.1 Å². The van der Waals surface area contributed by atoms with Crippen LogP contribution < -0.4 is 10.5 Å². The van der Waals surface area contributed by atoms with Crippen LogP contribution in [0.3, 0.4) is 0 Å². The molecule has 0 aliphatic heterocycles. The molecular formula is C13H18N4O2S. The highest BCUT2D eigenvalue weighted by atomic mass is 32.2. The summed E-state index contributed by atoms with van der Waals surface area (Å²) in [7, 11) is -1.90. The van der Waals surface area contributed by atoms with Gasteiger partial charge in [0.25, 0.3) is 10.0 Å². The minimum absolute atomic E-state index is 0.142. The van der Waals surface area contributed by atoms with Crippen LogP contribution in [-0.2, 0) is 17.1 Å². The predicted molar refractivity (Wildman–Crippen MR) is 79.1 cm³/mol. The van der Waals surface area contributed by atoms with Crippen molar-refractivity contribution < 1.29 is 8.42 Å². The van der Waals surface area contributed by atoms with Crippen LogP contribution in [0, 0.1) is 20.8 Å². The molecule has 0 amide bonds. The van der Waals surface area contributed by atoms with Gasteiger partial charge < -0.3 is 5.73 Å². The molecule has 2 rings (SSSR count). The lowest BCUT2D eigenvalue weighted by atomic mass is 10.2. The standard InChI is InChI=1S/C13H18N4O2S/c1-8-5-6-11(7-12(8)14)20(18,19)16-13-9(2)15-17(4)10(13)3/h5-7,16H,14H2,1-4H3. The molecule has 3 N–H and O–H groups in total. The van der Waals surface area contributed by atoms with Crippen LogP contribution in [0.2, 0.25) is 0 Å². The van der Waals surface area contributed by atoms with Gasteiger partial charge in [-0.15, -0.1) is 0 Å². The Morgan fingerprint density at radius 3 is 2.40 bits per heavy atom. The van der Waals surface area contributed by atoms with E-state index in [4.69, 9.17) is 5.73 Å². The number of benzene rings is 1. The number of nitrogens with zero attached hydrogens (tertiary/aromatic N) is 2. The first-order chi connectivity index (χ1) is 9.22. The molecule has 2 aromatic rings. The zero-order valence-corrected chi connectivity index (χ0v) is 12.7. The number of sulfonamides is 1. The minimum atomic E-state index is -3.67. The van der Waals surface area contributed by atoms with E-state index in [9.17, 15) is 8.42 Å². The second-order valence-electron chi connectivity index (χ2n) is 4.79. The highest BCUT2D eigenvalue weighted by Gasteiger charge is 2.19. The van der Waals surface area contributed by atoms with E-state index in [1.807, 2.05) is 6.92 Å². The van der Waals surface area contributed by atoms with E-state index < -0.39 is 10.0 Å². The van der Waals surface area contributed by atoms with Crippen LogP contribution in [-0.4, -0.2) is 18.2 Å². The van der Waals surface area contributed by atoms with Gasteiger partial charge in [-0.25, -0.2) is 8.42 Å². The summed E-state index contributed by atoms with van der Waals surface area (Å²) in [6, 6.07) is 4.68. The number of rotatable bonds is 3. The summed E-state index contributed by atoms with van der Waals surface area (Å²) in [4.78, 5) is 0.142. The van der Waals surface area contributed by atoms with Crippen molar-refractivity contribution in [3.8, 4) is 0 Å². The third-order valence-corrected chi connectivity index (χ3v) is 4.65. The number of hydrogen-bond donors (Lipinski definition) is 2. The molecule has 1 heterocycles. The number of nitrogens with two attached hydrogens (primary N) is 1. The SMILES string of the molecule is Cc1ccc(S(=O)(=O)Nc2c(C)nn(C)c2C)cc1N. The zero-order valence-electron chi connectivity index (χ0n) is 11.9. The van der Waals surface area contributed by atoms with E-state index >= 15 is 0 Å². The second-order valence-corrected chi connectivity index (χ2v) is 6.48. The van der Waals surface area contributed by atoms with Crippen LogP contribution in [0.4, 0.5) is 11.4 Å². The number of anilines is 2. The van der Waals surface area contributed by atoms with Gasteiger partial charge in [0.15, 0.2) is 0 Å². The first-order valence-corrected chi connectivity index (χ1v) is 7.60. The fraction of sp³-hybridized carbons (Fsp3) is 0.308. The van der Waals surface area contributed by atoms with Crippen LogP contribution in [0.25, 0.3) is 0 Å². The molecule has 1 aromatic carbocycles. The summed E-state index contributed by atoms with van der Waals surface area (Å²) in [6.07, 6.45) is 0. The fourth-order valence-corrected chi connectivity index (χ4v) is 3.11. The molecule has 0 atom stereocenters. The molecular weight excluding hydrogens is 276 g/mol. The Bertz CT molecular complexity index is 763. The summed E-state index contributed by atoms with van der Waals surface area (Å²) in [5, 5.41) is 4.19. The van der Waals surface area contributed by atoms with Gasteiger partial charge in [-0.05, 0) is 38.5 Å². The number of aryl methyl sites for hydroxylation is 3. The lowest BCUT2D eigenvalue weighted by Crippen LogP contribution is -2.14. The lowest BCUT2D eigenvalue weighted by molar-refractivity contribution is 0.601. The maximum atomic E-state index is 12.4. The van der Waals surface area contributed by atoms with E-state index in [0.717, 1.165) is 11.3 Å². The molecule has 0 unspecified atom stereocenters. The van der Waals surface area contributed by atoms with Gasteiger partial charge in [0, 0.05) is 12.7 Å². The van der Waals surface area contributed by atoms with E-state index in [1.54, 1.807) is 31.6 Å². The topological polar surface area (TPSA) is 90.0 Å². The van der Waals surface area contributed by atoms with Crippen molar-refractivity contribution in [2.24, 2.45) is 7.05 Å². The summed E-state index contributed by atoms with van der Waals surface area (Å²) in [6.45, 7) is 5.39. The van der Waals surface area contributed by atoms with Crippen LogP contribution in [0.1, 0.15) is 17.0 Å². The van der Waals surface area contributed by atoms with Gasteiger partial charge in [0.2, 0.25) is 0 Å². The maximum Gasteiger partial charge on any atom is 0.262 e. The van der Waals surface area contributed by atoms with Gasteiger partial charge >= 0.3 is 0 Å². The fourth-order valence-electron chi connectivity index (χ4n) is 1.90. The molecule has 6 nitrogen and oxygen atoms in total. The number of nitrogens with one attached hydrogen (secondary N) is 1. The largest absolute Gasteiger partial charge is 0.398 e. The summed E-state index contributed by atoms with van der Waals surface area (Å²) < 4.78 is 29.0. The van der Waals surface area contributed by atoms with Gasteiger partial charge in [-0.2, -0.15) is 5.10 Å². The highest BCUT2D eigenvalue weighted by molar-refractivity contribution is 7.92. The molecule has 0 fully saturated rings. The molecule has 108 valence electrons. The van der Waals surface area contributed by atoms with Crippen molar-refractivity contribution in [2.75, 3.05) is 10.5 Å². The van der Waals surface area contributed by atoms with Crippen molar-refractivity contribution in [1.29, 1.82) is 0 Å². The number of nitrogen functional groups attached to an aromatic ring is 1. The molecule has 20 heavy (non-hydrogen) atoms. The Kier molecular flexibility index (Phi) is 3.47. The number of hydrogen-bond acceptors (Lipinski definition) is 4. The second kappa shape index (κ2) is 4.82. The molecule has 0 aliphatic rings. The van der Waals surface area contributed by atoms with Crippen molar-refractivity contribution in [1.82, 2.24) is 9.78 Å². The minimum Gasteiger partial charge on any atom is -0.398 e. The monoisotopic (exact) mass is 294 g/mol. The van der Waals surface area contributed by atoms with Crippen molar-refractivity contribution in [2.45, 2.75) is 25.7 Å². The van der Waals surface area contributed by atoms with Gasteiger partial charge in [-0.3, -0.25) is 9.40 Å². The molecule has 0 saturated heterocycles. The van der Waals surface area contributed by atoms with Crippen molar-refractivity contribution in [3.05, 3.63) is 35.2 Å². The highest BCUT2D eigenvalue weighted by Crippen LogP contribution is 2.24. The molecule has 0 bridgehead atoms. The average Bonchev–Trinajstić information content (AvgIpc) is 2.59. The average molecular weight is 294 g/mol. The van der Waals surface area contributed by atoms with Crippen LogP contribution in [0.5, 0.6) is 0 Å². The molecule has 0 saturated carbocycles. The third kappa shape index (κ3) is 2.49. The molecule has 1 aromatic heterocycles. The predicted octanol–water partition coefficient (Wildman–Crippen LogP) is 1.73. The van der Waals surface area contributed by atoms with E-state index in [1.165, 1.54) is 12.1 Å². The normalized spacial score (nSPS) is 11.6. The first kappa shape index (κ1) is 14.4. The van der Waals surface area contributed by atoms with Gasteiger partial charge in [0.05, 0.1) is 22.0 Å². The van der Waals surface area contributed by atoms with Crippen molar-refractivity contribution >= 4 is 21.4 Å². The maximum absolute atomic E-state index is 12.4. The zero-order chi connectivity index (χ0) is 15.1. The Morgan fingerprint density at radius 1 is 1.25 bits per heavy atom. The van der Waals surface area contributed by atoms with Gasteiger partial charge in [-0.1, -0.05) is 6.07 Å². The Morgan fingerprint density at radius 2 is 1.90 bits per heavy atom. The Labute approximate surface area is 118 Å². The van der Waals surface area contributed by atoms with Crippen molar-refractivity contribution in [3.63, 3.8) is 0 Å². The van der Waals surface area contributed by atoms with E-state index in [2.05, 4.69) is 9.82 Å². The van der Waals surface area contributed by atoms with E-state index in [-0.39, 0.29) is 4.90 Å². The van der Waals surface area contributed by atoms with Crippen LogP contribution >= 0.6 is 0 Å². The molecule has 7 heteroatoms.